The fourth-order valence-corrected chi connectivity index (χ4v) is 4.41. The van der Waals surface area contributed by atoms with Crippen molar-refractivity contribution in [2.75, 3.05) is 5.75 Å². The van der Waals surface area contributed by atoms with E-state index in [1.807, 2.05) is 29.2 Å². The number of carboxylic acids is 1. The third-order valence-corrected chi connectivity index (χ3v) is 5.41. The lowest BCUT2D eigenvalue weighted by atomic mass is 10.1. The van der Waals surface area contributed by atoms with Gasteiger partial charge in [-0.2, -0.15) is 0 Å². The van der Waals surface area contributed by atoms with Crippen LogP contribution in [0.25, 0.3) is 0 Å². The molecule has 2 aromatic rings. The Morgan fingerprint density at radius 3 is 2.74 bits per heavy atom. The maximum atomic E-state index is 11.6. The Morgan fingerprint density at radius 1 is 1.26 bits per heavy atom. The number of aliphatic carboxylic acids is 1. The van der Waals surface area contributed by atoms with E-state index in [1.54, 1.807) is 36.0 Å². The van der Waals surface area contributed by atoms with Gasteiger partial charge in [-0.1, -0.05) is 35.9 Å². The molecule has 6 heteroatoms. The minimum absolute atomic E-state index is 0.0721. The van der Waals surface area contributed by atoms with Crippen LogP contribution in [0.1, 0.15) is 16.5 Å². The summed E-state index contributed by atoms with van der Waals surface area (Å²) in [5.41, 5.74) is 1.87. The molecule has 0 amide bonds. The normalized spacial score (nSPS) is 21.4. The first-order valence-corrected chi connectivity index (χ1v) is 8.61. The van der Waals surface area contributed by atoms with Crippen LogP contribution in [0.4, 0.5) is 0 Å². The van der Waals surface area contributed by atoms with Gasteiger partial charge in [0.1, 0.15) is 11.8 Å². The van der Waals surface area contributed by atoms with E-state index in [2.05, 4.69) is 0 Å². The van der Waals surface area contributed by atoms with Crippen molar-refractivity contribution in [3.8, 4) is 5.75 Å². The molecule has 1 heterocycles. The second-order valence-electron chi connectivity index (χ2n) is 5.44. The molecule has 2 N–H and O–H groups in total. The number of hydrogen-bond acceptors (Lipinski definition) is 4. The van der Waals surface area contributed by atoms with Gasteiger partial charge in [-0.15, -0.1) is 11.8 Å². The average molecular weight is 350 g/mol. The monoisotopic (exact) mass is 349 g/mol. The number of thioether (sulfide) groups is 1. The molecule has 3 rings (SSSR count). The van der Waals surface area contributed by atoms with E-state index < -0.39 is 12.0 Å². The maximum absolute atomic E-state index is 11.6. The van der Waals surface area contributed by atoms with E-state index in [0.717, 1.165) is 11.1 Å². The molecule has 0 aromatic heterocycles. The first kappa shape index (κ1) is 16.2. The zero-order valence-electron chi connectivity index (χ0n) is 12.2. The first-order chi connectivity index (χ1) is 11.0. The van der Waals surface area contributed by atoms with Crippen LogP contribution in [-0.2, 0) is 11.3 Å². The fraction of sp³-hybridized carbons (Fsp3) is 0.235. The van der Waals surface area contributed by atoms with E-state index in [1.165, 1.54) is 0 Å². The molecule has 2 aromatic carbocycles. The lowest BCUT2D eigenvalue weighted by molar-refractivity contribution is -0.142. The Kier molecular flexibility index (Phi) is 4.80. The molecule has 1 aliphatic rings. The van der Waals surface area contributed by atoms with Crippen LogP contribution >= 0.6 is 23.4 Å². The second kappa shape index (κ2) is 6.83. The van der Waals surface area contributed by atoms with Gasteiger partial charge in [0.25, 0.3) is 0 Å². The predicted molar refractivity (Wildman–Crippen MR) is 91.7 cm³/mol. The molecule has 2 unspecified atom stereocenters. The van der Waals surface area contributed by atoms with Crippen molar-refractivity contribution in [3.05, 3.63) is 64.7 Å². The summed E-state index contributed by atoms with van der Waals surface area (Å²) in [4.78, 5) is 13.5. The van der Waals surface area contributed by atoms with Crippen molar-refractivity contribution in [1.29, 1.82) is 0 Å². The molecule has 1 fully saturated rings. The maximum Gasteiger partial charge on any atom is 0.321 e. The van der Waals surface area contributed by atoms with Gasteiger partial charge in [-0.05, 0) is 35.4 Å². The highest BCUT2D eigenvalue weighted by Crippen LogP contribution is 2.42. The van der Waals surface area contributed by atoms with E-state index in [4.69, 9.17) is 11.6 Å². The molecule has 0 saturated carbocycles. The molecule has 1 saturated heterocycles. The Morgan fingerprint density at radius 2 is 2.04 bits per heavy atom. The first-order valence-electron chi connectivity index (χ1n) is 7.18. The third kappa shape index (κ3) is 3.63. The van der Waals surface area contributed by atoms with Gasteiger partial charge in [-0.3, -0.25) is 9.69 Å². The molecule has 0 aliphatic carbocycles. The van der Waals surface area contributed by atoms with Crippen LogP contribution in [0.2, 0.25) is 5.02 Å². The minimum atomic E-state index is -0.831. The summed E-state index contributed by atoms with van der Waals surface area (Å²) in [6, 6.07) is 13.9. The zero-order valence-corrected chi connectivity index (χ0v) is 13.8. The highest BCUT2D eigenvalue weighted by molar-refractivity contribution is 7.99. The van der Waals surface area contributed by atoms with Crippen LogP contribution in [0, 0.1) is 0 Å². The molecule has 23 heavy (non-hydrogen) atoms. The third-order valence-electron chi connectivity index (χ3n) is 3.81. The summed E-state index contributed by atoms with van der Waals surface area (Å²) < 4.78 is 0. The van der Waals surface area contributed by atoms with Gasteiger partial charge >= 0.3 is 5.97 Å². The van der Waals surface area contributed by atoms with Crippen LogP contribution in [0.5, 0.6) is 5.75 Å². The van der Waals surface area contributed by atoms with Crippen molar-refractivity contribution < 1.29 is 15.0 Å². The summed E-state index contributed by atoms with van der Waals surface area (Å²) in [6.07, 6.45) is 0. The number of phenols is 1. The Hall–Kier alpha value is -1.69. The van der Waals surface area contributed by atoms with E-state index in [0.29, 0.717) is 17.3 Å². The molecule has 0 spiro atoms. The predicted octanol–water partition coefficient (Wildman–Crippen LogP) is 3.75. The Balaban J connectivity index is 1.91. The Labute approximate surface area is 143 Å². The second-order valence-corrected chi connectivity index (χ2v) is 6.99. The molecule has 1 aliphatic heterocycles. The summed E-state index contributed by atoms with van der Waals surface area (Å²) in [5, 5.41) is 19.7. The fourth-order valence-electron chi connectivity index (χ4n) is 2.76. The van der Waals surface area contributed by atoms with Gasteiger partial charge in [0.15, 0.2) is 0 Å². The number of phenolic OH excluding ortho intramolecular Hbond substituents is 1. The molecule has 2 atom stereocenters. The van der Waals surface area contributed by atoms with Crippen molar-refractivity contribution in [2.45, 2.75) is 18.0 Å². The number of carboxylic acid groups (broad SMARTS) is 1. The van der Waals surface area contributed by atoms with E-state index in [-0.39, 0.29) is 11.1 Å². The number of rotatable bonds is 4. The van der Waals surface area contributed by atoms with E-state index in [9.17, 15) is 15.0 Å². The number of carbonyl (C=O) groups is 1. The van der Waals surface area contributed by atoms with Crippen molar-refractivity contribution in [2.24, 2.45) is 0 Å². The van der Waals surface area contributed by atoms with Crippen molar-refractivity contribution >= 4 is 29.3 Å². The number of hydrogen-bond donors (Lipinski definition) is 2. The summed E-state index contributed by atoms with van der Waals surface area (Å²) >= 11 is 7.67. The van der Waals surface area contributed by atoms with Crippen LogP contribution in [0.3, 0.4) is 0 Å². The van der Waals surface area contributed by atoms with Crippen molar-refractivity contribution in [1.82, 2.24) is 4.90 Å². The van der Waals surface area contributed by atoms with Gasteiger partial charge < -0.3 is 10.2 Å². The average Bonchev–Trinajstić information content (AvgIpc) is 2.91. The van der Waals surface area contributed by atoms with Gasteiger partial charge in [0, 0.05) is 17.3 Å². The van der Waals surface area contributed by atoms with E-state index >= 15 is 0 Å². The van der Waals surface area contributed by atoms with Gasteiger partial charge in [0.2, 0.25) is 0 Å². The number of aromatic hydroxyl groups is 1. The minimum Gasteiger partial charge on any atom is -0.508 e. The standard InChI is InChI=1S/C17H16ClNO3S/c18-13-5-2-4-12(8-13)16-19(15(10-23-16)17(21)22)9-11-3-1-6-14(20)7-11/h1-8,15-16,20H,9-10H2,(H,21,22). The highest BCUT2D eigenvalue weighted by atomic mass is 35.5. The largest absolute Gasteiger partial charge is 0.508 e. The molecule has 120 valence electrons. The molecular formula is C17H16ClNO3S. The van der Waals surface area contributed by atoms with Gasteiger partial charge in [-0.25, -0.2) is 0 Å². The topological polar surface area (TPSA) is 60.8 Å². The molecule has 0 radical (unpaired) electrons. The summed E-state index contributed by atoms with van der Waals surface area (Å²) in [6.45, 7) is 0.454. The smallest absolute Gasteiger partial charge is 0.321 e. The van der Waals surface area contributed by atoms with Crippen molar-refractivity contribution in [3.63, 3.8) is 0 Å². The molecule has 0 bridgehead atoms. The molecule has 4 nitrogen and oxygen atoms in total. The zero-order chi connectivity index (χ0) is 16.4. The van der Waals surface area contributed by atoms with Crippen LogP contribution in [-0.4, -0.2) is 32.9 Å². The SMILES string of the molecule is O=C(O)C1CSC(c2cccc(Cl)c2)N1Cc1cccc(O)c1. The number of nitrogens with zero attached hydrogens (tertiary/aromatic N) is 1. The van der Waals surface area contributed by atoms with Crippen LogP contribution < -0.4 is 0 Å². The number of halogens is 1. The molecular weight excluding hydrogens is 334 g/mol. The Bertz CT molecular complexity index is 724. The number of benzene rings is 2. The lowest BCUT2D eigenvalue weighted by Gasteiger charge is -2.27. The highest BCUT2D eigenvalue weighted by Gasteiger charge is 2.39. The van der Waals surface area contributed by atoms with Gasteiger partial charge in [0.05, 0.1) is 5.37 Å². The quantitative estimate of drug-likeness (QED) is 0.880. The summed E-state index contributed by atoms with van der Waals surface area (Å²) in [7, 11) is 0. The lowest BCUT2D eigenvalue weighted by Crippen LogP contribution is -2.38. The van der Waals surface area contributed by atoms with Crippen LogP contribution in [0.15, 0.2) is 48.5 Å². The summed E-state index contributed by atoms with van der Waals surface area (Å²) in [5.74, 6) is -0.131.